The van der Waals surface area contributed by atoms with Gasteiger partial charge in [-0.1, -0.05) is 13.8 Å². The first-order chi connectivity index (χ1) is 7.08. The summed E-state index contributed by atoms with van der Waals surface area (Å²) in [6.07, 6.45) is 2.25. The van der Waals surface area contributed by atoms with E-state index in [4.69, 9.17) is 9.84 Å². The molecule has 1 fully saturated rings. The van der Waals surface area contributed by atoms with Gasteiger partial charge in [0.15, 0.2) is 0 Å². The molecule has 0 amide bonds. The van der Waals surface area contributed by atoms with E-state index in [0.29, 0.717) is 5.41 Å². The molecule has 1 saturated heterocycles. The van der Waals surface area contributed by atoms with Gasteiger partial charge in [0.25, 0.3) is 0 Å². The van der Waals surface area contributed by atoms with E-state index in [2.05, 4.69) is 13.8 Å². The van der Waals surface area contributed by atoms with Crippen molar-refractivity contribution in [3.8, 4) is 0 Å². The molecule has 15 heavy (non-hydrogen) atoms. The highest BCUT2D eigenvalue weighted by Crippen LogP contribution is 2.38. The fraction of sp³-hybridized carbons (Fsp3) is 0.909. The van der Waals surface area contributed by atoms with E-state index in [-0.39, 0.29) is 6.61 Å². The first-order valence-corrected chi connectivity index (χ1v) is 5.54. The topological polar surface area (TPSA) is 49.8 Å². The molecule has 0 aromatic heterocycles. The first-order valence-electron chi connectivity index (χ1n) is 5.54. The number of rotatable bonds is 6. The summed E-state index contributed by atoms with van der Waals surface area (Å²) in [5, 5.41) is 9.03. The molecule has 4 nitrogen and oxygen atoms in total. The monoisotopic (exact) mass is 215 g/mol. The average molecular weight is 215 g/mol. The standard InChI is InChI=1S/C11H21NO3/c1-4-11(5-2)7-12(8-11)9(6-15-3)10(13)14/h9H,4-8H2,1-3H3,(H,13,14). The van der Waals surface area contributed by atoms with Crippen LogP contribution in [0, 0.1) is 5.41 Å². The van der Waals surface area contributed by atoms with Crippen molar-refractivity contribution in [2.24, 2.45) is 5.41 Å². The van der Waals surface area contributed by atoms with E-state index in [9.17, 15) is 4.79 Å². The van der Waals surface area contributed by atoms with Crippen molar-refractivity contribution in [2.75, 3.05) is 26.8 Å². The Morgan fingerprint density at radius 1 is 1.47 bits per heavy atom. The quantitative estimate of drug-likeness (QED) is 0.723. The zero-order chi connectivity index (χ0) is 11.5. The fourth-order valence-corrected chi connectivity index (χ4v) is 2.22. The second-order valence-electron chi connectivity index (χ2n) is 4.42. The van der Waals surface area contributed by atoms with Gasteiger partial charge in [0.2, 0.25) is 0 Å². The Hall–Kier alpha value is -0.610. The lowest BCUT2D eigenvalue weighted by atomic mass is 9.74. The maximum Gasteiger partial charge on any atom is 0.323 e. The molecular weight excluding hydrogens is 194 g/mol. The van der Waals surface area contributed by atoms with Gasteiger partial charge in [0.1, 0.15) is 6.04 Å². The highest BCUT2D eigenvalue weighted by Gasteiger charge is 2.44. The van der Waals surface area contributed by atoms with Crippen LogP contribution < -0.4 is 0 Å². The SMILES string of the molecule is CCC1(CC)CN(C(COC)C(=O)O)C1. The van der Waals surface area contributed by atoms with Gasteiger partial charge in [-0.3, -0.25) is 9.69 Å². The van der Waals surface area contributed by atoms with E-state index in [0.717, 1.165) is 25.9 Å². The maximum absolute atomic E-state index is 11.0. The number of likely N-dealkylation sites (tertiary alicyclic amines) is 1. The summed E-state index contributed by atoms with van der Waals surface area (Å²) < 4.78 is 4.94. The van der Waals surface area contributed by atoms with Crippen LogP contribution in [0.3, 0.4) is 0 Å². The second-order valence-corrected chi connectivity index (χ2v) is 4.42. The van der Waals surface area contributed by atoms with Crippen molar-refractivity contribution < 1.29 is 14.6 Å². The maximum atomic E-state index is 11.0. The Morgan fingerprint density at radius 3 is 2.33 bits per heavy atom. The van der Waals surface area contributed by atoms with E-state index in [1.165, 1.54) is 0 Å². The van der Waals surface area contributed by atoms with Crippen LogP contribution in [0.25, 0.3) is 0 Å². The summed E-state index contributed by atoms with van der Waals surface area (Å²) in [6.45, 7) is 6.40. The van der Waals surface area contributed by atoms with Crippen LogP contribution in [0.15, 0.2) is 0 Å². The molecule has 0 spiro atoms. The number of carboxylic acids is 1. The molecule has 1 aliphatic rings. The summed E-state index contributed by atoms with van der Waals surface area (Å²) in [5.74, 6) is -0.780. The van der Waals surface area contributed by atoms with Crippen LogP contribution in [0.4, 0.5) is 0 Å². The minimum atomic E-state index is -0.780. The number of hydrogen-bond donors (Lipinski definition) is 1. The van der Waals surface area contributed by atoms with Gasteiger partial charge in [-0.05, 0) is 18.3 Å². The average Bonchev–Trinajstić information content (AvgIpc) is 2.15. The minimum absolute atomic E-state index is 0.277. The smallest absolute Gasteiger partial charge is 0.323 e. The molecule has 0 aliphatic carbocycles. The van der Waals surface area contributed by atoms with Gasteiger partial charge in [-0.15, -0.1) is 0 Å². The summed E-state index contributed by atoms with van der Waals surface area (Å²) in [6, 6.07) is -0.471. The minimum Gasteiger partial charge on any atom is -0.480 e. The number of aliphatic carboxylic acids is 1. The first kappa shape index (κ1) is 12.5. The van der Waals surface area contributed by atoms with Crippen LogP contribution in [-0.2, 0) is 9.53 Å². The van der Waals surface area contributed by atoms with Crippen LogP contribution >= 0.6 is 0 Å². The summed E-state index contributed by atoms with van der Waals surface area (Å²) >= 11 is 0. The van der Waals surface area contributed by atoms with Gasteiger partial charge in [-0.2, -0.15) is 0 Å². The lowest BCUT2D eigenvalue weighted by molar-refractivity contribution is -0.153. The third kappa shape index (κ3) is 2.49. The van der Waals surface area contributed by atoms with Gasteiger partial charge in [0.05, 0.1) is 6.61 Å². The molecular formula is C11H21NO3. The molecule has 1 unspecified atom stereocenters. The number of hydrogen-bond acceptors (Lipinski definition) is 3. The van der Waals surface area contributed by atoms with Gasteiger partial charge in [0, 0.05) is 20.2 Å². The molecule has 0 bridgehead atoms. The summed E-state index contributed by atoms with van der Waals surface area (Å²) in [7, 11) is 1.54. The molecule has 0 aromatic carbocycles. The van der Waals surface area contributed by atoms with Crippen LogP contribution in [0.5, 0.6) is 0 Å². The number of nitrogens with zero attached hydrogens (tertiary/aromatic N) is 1. The van der Waals surface area contributed by atoms with Gasteiger partial charge < -0.3 is 9.84 Å². The normalized spacial score (nSPS) is 22.1. The number of ether oxygens (including phenoxy) is 1. The molecule has 1 N–H and O–H groups in total. The molecule has 4 heteroatoms. The number of carbonyl (C=O) groups is 1. The molecule has 1 rings (SSSR count). The van der Waals surface area contributed by atoms with E-state index in [1.807, 2.05) is 4.90 Å². The molecule has 0 radical (unpaired) electrons. The fourth-order valence-electron chi connectivity index (χ4n) is 2.22. The van der Waals surface area contributed by atoms with Crippen molar-refractivity contribution in [3.63, 3.8) is 0 Å². The molecule has 0 aromatic rings. The van der Waals surface area contributed by atoms with Gasteiger partial charge in [-0.25, -0.2) is 0 Å². The van der Waals surface area contributed by atoms with E-state index in [1.54, 1.807) is 7.11 Å². The van der Waals surface area contributed by atoms with Crippen molar-refractivity contribution in [2.45, 2.75) is 32.7 Å². The third-order valence-electron chi connectivity index (χ3n) is 3.63. The van der Waals surface area contributed by atoms with Crippen molar-refractivity contribution >= 4 is 5.97 Å². The van der Waals surface area contributed by atoms with Crippen molar-refractivity contribution in [1.29, 1.82) is 0 Å². The Morgan fingerprint density at radius 2 is 2.00 bits per heavy atom. The Bertz CT molecular complexity index is 218. The summed E-state index contributed by atoms with van der Waals surface area (Å²) in [4.78, 5) is 13.0. The second kappa shape index (κ2) is 4.94. The van der Waals surface area contributed by atoms with Crippen molar-refractivity contribution in [1.82, 2.24) is 4.90 Å². The van der Waals surface area contributed by atoms with Gasteiger partial charge >= 0.3 is 5.97 Å². The van der Waals surface area contributed by atoms with Crippen LogP contribution in [-0.4, -0.2) is 48.8 Å². The number of methoxy groups -OCH3 is 1. The van der Waals surface area contributed by atoms with Crippen LogP contribution in [0.2, 0.25) is 0 Å². The largest absolute Gasteiger partial charge is 0.480 e. The molecule has 1 atom stereocenters. The highest BCUT2D eigenvalue weighted by atomic mass is 16.5. The van der Waals surface area contributed by atoms with E-state index >= 15 is 0 Å². The molecule has 0 saturated carbocycles. The molecule has 1 heterocycles. The Labute approximate surface area is 91.2 Å². The van der Waals surface area contributed by atoms with Crippen molar-refractivity contribution in [3.05, 3.63) is 0 Å². The Balaban J connectivity index is 2.50. The lowest BCUT2D eigenvalue weighted by Gasteiger charge is -2.51. The third-order valence-corrected chi connectivity index (χ3v) is 3.63. The van der Waals surface area contributed by atoms with E-state index < -0.39 is 12.0 Å². The number of carboxylic acid groups (broad SMARTS) is 1. The lowest BCUT2D eigenvalue weighted by Crippen LogP contribution is -2.62. The predicted octanol–water partition coefficient (Wildman–Crippen LogP) is 1.21. The zero-order valence-electron chi connectivity index (χ0n) is 9.82. The molecule has 88 valence electrons. The van der Waals surface area contributed by atoms with Crippen LogP contribution in [0.1, 0.15) is 26.7 Å². The summed E-state index contributed by atoms with van der Waals surface area (Å²) in [5.41, 5.74) is 0.349. The predicted molar refractivity (Wildman–Crippen MR) is 57.9 cm³/mol. The molecule has 1 aliphatic heterocycles. The highest BCUT2D eigenvalue weighted by molar-refractivity contribution is 5.73. The Kier molecular flexibility index (Phi) is 4.11. The zero-order valence-corrected chi connectivity index (χ0v) is 9.82.